The van der Waals surface area contributed by atoms with Gasteiger partial charge in [0, 0.05) is 16.2 Å². The van der Waals surface area contributed by atoms with Crippen LogP contribution >= 0.6 is 10.7 Å². The molecule has 0 N–H and O–H groups in total. The largest absolute Gasteiger partial charge is 0.490 e. The van der Waals surface area contributed by atoms with Crippen LogP contribution in [0.4, 0.5) is 0 Å². The average Bonchev–Trinajstić information content (AvgIpc) is 2.91. The van der Waals surface area contributed by atoms with Crippen molar-refractivity contribution in [3.8, 4) is 5.75 Å². The van der Waals surface area contributed by atoms with Crippen LogP contribution in [0.25, 0.3) is 0 Å². The van der Waals surface area contributed by atoms with Crippen molar-refractivity contribution in [1.82, 2.24) is 0 Å². The van der Waals surface area contributed by atoms with Gasteiger partial charge in [-0.3, -0.25) is 0 Å². The fourth-order valence-corrected chi connectivity index (χ4v) is 2.44. The molecule has 16 heavy (non-hydrogen) atoms. The molecule has 1 aromatic rings. The van der Waals surface area contributed by atoms with Gasteiger partial charge in [0.05, 0.1) is 11.9 Å². The number of hydrogen-bond acceptors (Lipinski definition) is 3. The lowest BCUT2D eigenvalue weighted by molar-refractivity contribution is 0.300. The molecule has 1 aliphatic carbocycles. The second-order valence-corrected chi connectivity index (χ2v) is 6.89. The summed E-state index contributed by atoms with van der Waals surface area (Å²) < 4.78 is 27.8. The van der Waals surface area contributed by atoms with Gasteiger partial charge in [0.1, 0.15) is 5.75 Å². The number of aryl methyl sites for hydroxylation is 1. The minimum absolute atomic E-state index is 0.182. The molecule has 3 nitrogen and oxygen atoms in total. The zero-order valence-corrected chi connectivity index (χ0v) is 10.5. The van der Waals surface area contributed by atoms with Gasteiger partial charge in [-0.05, 0) is 25.8 Å². The first-order valence-electron chi connectivity index (χ1n) is 5.12. The van der Waals surface area contributed by atoms with Crippen molar-refractivity contribution in [2.45, 2.75) is 31.6 Å². The Kier molecular flexibility index (Phi) is 3.13. The van der Waals surface area contributed by atoms with Gasteiger partial charge < -0.3 is 4.74 Å². The Morgan fingerprint density at radius 2 is 2.12 bits per heavy atom. The van der Waals surface area contributed by atoms with Crippen molar-refractivity contribution in [3.05, 3.63) is 29.3 Å². The Balaban J connectivity index is 2.27. The molecular formula is C11H13ClO3S. The highest BCUT2D eigenvalue weighted by atomic mass is 35.7. The number of ether oxygens (including phenoxy) is 1. The Morgan fingerprint density at radius 1 is 1.44 bits per heavy atom. The van der Waals surface area contributed by atoms with Crippen LogP contribution in [0, 0.1) is 6.92 Å². The molecule has 1 aromatic carbocycles. The third-order valence-electron chi connectivity index (χ3n) is 2.36. The van der Waals surface area contributed by atoms with Crippen LogP contribution in [0.3, 0.4) is 0 Å². The van der Waals surface area contributed by atoms with Gasteiger partial charge in [-0.2, -0.15) is 0 Å². The van der Waals surface area contributed by atoms with Crippen LogP contribution in [0.5, 0.6) is 5.75 Å². The van der Waals surface area contributed by atoms with E-state index in [4.69, 9.17) is 15.4 Å². The molecule has 5 heteroatoms. The second kappa shape index (κ2) is 4.26. The van der Waals surface area contributed by atoms with Crippen molar-refractivity contribution in [1.29, 1.82) is 0 Å². The summed E-state index contributed by atoms with van der Waals surface area (Å²) in [5.41, 5.74) is 1.64. The van der Waals surface area contributed by atoms with Crippen molar-refractivity contribution < 1.29 is 13.2 Å². The number of halogens is 1. The van der Waals surface area contributed by atoms with Crippen LogP contribution in [0.2, 0.25) is 0 Å². The lowest BCUT2D eigenvalue weighted by Crippen LogP contribution is -2.03. The highest BCUT2D eigenvalue weighted by molar-refractivity contribution is 8.13. The molecule has 2 rings (SSSR count). The smallest absolute Gasteiger partial charge is 0.236 e. The SMILES string of the molecule is Cc1ccc(OC2CC2)c(CS(=O)(=O)Cl)c1. The Bertz CT molecular complexity index is 492. The van der Waals surface area contributed by atoms with Crippen LogP contribution in [0.15, 0.2) is 18.2 Å². The summed E-state index contributed by atoms with van der Waals surface area (Å²) in [7, 11) is 1.72. The third-order valence-corrected chi connectivity index (χ3v) is 3.35. The highest BCUT2D eigenvalue weighted by Gasteiger charge is 2.25. The Hall–Kier alpha value is -0.740. The second-order valence-electron chi connectivity index (χ2n) is 4.11. The van der Waals surface area contributed by atoms with E-state index in [1.807, 2.05) is 19.1 Å². The van der Waals surface area contributed by atoms with Gasteiger partial charge in [0.2, 0.25) is 9.05 Å². The van der Waals surface area contributed by atoms with E-state index in [2.05, 4.69) is 0 Å². The van der Waals surface area contributed by atoms with Crippen LogP contribution in [-0.4, -0.2) is 14.5 Å². The molecule has 0 aliphatic heterocycles. The van der Waals surface area contributed by atoms with Crippen molar-refractivity contribution >= 4 is 19.7 Å². The molecule has 0 aromatic heterocycles. The van der Waals surface area contributed by atoms with Crippen LogP contribution < -0.4 is 4.74 Å². The van der Waals surface area contributed by atoms with E-state index < -0.39 is 9.05 Å². The molecule has 0 atom stereocenters. The standard InChI is InChI=1S/C11H13ClO3S/c1-8-2-5-11(15-10-3-4-10)9(6-8)7-16(12,13)14/h2,5-6,10H,3-4,7H2,1H3. The summed E-state index contributed by atoms with van der Waals surface area (Å²) in [6.07, 6.45) is 2.33. The van der Waals surface area contributed by atoms with Gasteiger partial charge in [-0.15, -0.1) is 0 Å². The van der Waals surface area contributed by atoms with Gasteiger partial charge >= 0.3 is 0 Å². The normalized spacial score (nSPS) is 16.1. The predicted molar refractivity (Wildman–Crippen MR) is 63.3 cm³/mol. The molecule has 0 amide bonds. The lowest BCUT2D eigenvalue weighted by atomic mass is 10.1. The Labute approximate surface area is 99.8 Å². The zero-order chi connectivity index (χ0) is 11.8. The first-order valence-corrected chi connectivity index (χ1v) is 7.60. The van der Waals surface area contributed by atoms with E-state index in [9.17, 15) is 8.42 Å². The Morgan fingerprint density at radius 3 is 2.69 bits per heavy atom. The zero-order valence-electron chi connectivity index (χ0n) is 8.94. The maximum absolute atomic E-state index is 11.1. The summed E-state index contributed by atoms with van der Waals surface area (Å²) >= 11 is 0. The predicted octanol–water partition coefficient (Wildman–Crippen LogP) is 2.60. The van der Waals surface area contributed by atoms with Gasteiger partial charge in [0.25, 0.3) is 0 Å². The topological polar surface area (TPSA) is 43.4 Å². The van der Waals surface area contributed by atoms with Gasteiger partial charge in [-0.1, -0.05) is 17.7 Å². The first-order chi connectivity index (χ1) is 7.44. The third kappa shape index (κ3) is 3.39. The molecule has 0 bridgehead atoms. The molecule has 88 valence electrons. The molecule has 1 saturated carbocycles. The minimum atomic E-state index is -3.54. The maximum Gasteiger partial charge on any atom is 0.236 e. The van der Waals surface area contributed by atoms with E-state index in [1.165, 1.54) is 0 Å². The van der Waals surface area contributed by atoms with Crippen molar-refractivity contribution in [2.24, 2.45) is 0 Å². The van der Waals surface area contributed by atoms with Crippen molar-refractivity contribution in [3.63, 3.8) is 0 Å². The lowest BCUT2D eigenvalue weighted by Gasteiger charge is -2.10. The summed E-state index contributed by atoms with van der Waals surface area (Å²) in [5, 5.41) is 0. The number of rotatable bonds is 4. The fourth-order valence-electron chi connectivity index (χ4n) is 1.49. The molecule has 0 radical (unpaired) electrons. The molecule has 1 fully saturated rings. The molecular weight excluding hydrogens is 248 g/mol. The highest BCUT2D eigenvalue weighted by Crippen LogP contribution is 2.31. The quantitative estimate of drug-likeness (QED) is 0.782. The number of benzene rings is 1. The van der Waals surface area contributed by atoms with E-state index >= 15 is 0 Å². The van der Waals surface area contributed by atoms with Crippen LogP contribution in [0.1, 0.15) is 24.0 Å². The van der Waals surface area contributed by atoms with E-state index in [-0.39, 0.29) is 11.9 Å². The molecule has 0 unspecified atom stereocenters. The monoisotopic (exact) mass is 260 g/mol. The van der Waals surface area contributed by atoms with E-state index in [1.54, 1.807) is 6.07 Å². The minimum Gasteiger partial charge on any atom is -0.490 e. The molecule has 1 aliphatic rings. The summed E-state index contributed by atoms with van der Waals surface area (Å²) in [4.78, 5) is 0. The number of hydrogen-bond donors (Lipinski definition) is 0. The van der Waals surface area contributed by atoms with Gasteiger partial charge in [-0.25, -0.2) is 8.42 Å². The first kappa shape index (κ1) is 11.7. The van der Waals surface area contributed by atoms with Gasteiger partial charge in [0.15, 0.2) is 0 Å². The summed E-state index contributed by atoms with van der Waals surface area (Å²) in [6, 6.07) is 5.52. The fraction of sp³-hybridized carbons (Fsp3) is 0.455. The molecule has 0 saturated heterocycles. The summed E-state index contributed by atoms with van der Waals surface area (Å²) in [5.74, 6) is 0.454. The molecule has 0 heterocycles. The van der Waals surface area contributed by atoms with E-state index in [0.29, 0.717) is 11.3 Å². The average molecular weight is 261 g/mol. The molecule has 0 spiro atoms. The van der Waals surface area contributed by atoms with E-state index in [0.717, 1.165) is 18.4 Å². The van der Waals surface area contributed by atoms with Crippen molar-refractivity contribution in [2.75, 3.05) is 0 Å². The maximum atomic E-state index is 11.1. The summed E-state index contributed by atoms with van der Waals surface area (Å²) in [6.45, 7) is 1.91. The van der Waals surface area contributed by atoms with Crippen LogP contribution in [-0.2, 0) is 14.8 Å².